The van der Waals surface area contributed by atoms with Gasteiger partial charge in [-0.2, -0.15) is 0 Å². The molecule has 9 heteroatoms. The summed E-state index contributed by atoms with van der Waals surface area (Å²) in [6.07, 6.45) is 0. The van der Waals surface area contributed by atoms with Crippen LogP contribution in [0.3, 0.4) is 0 Å². The molecule has 0 aliphatic heterocycles. The molecule has 118 valence electrons. The molecule has 3 aromatic rings. The predicted octanol–water partition coefficient (Wildman–Crippen LogP) is 2.08. The van der Waals surface area contributed by atoms with Crippen LogP contribution in [0.4, 0.5) is 10.9 Å². The molecule has 0 spiro atoms. The lowest BCUT2D eigenvalue weighted by molar-refractivity contribution is -0.115. The van der Waals surface area contributed by atoms with Crippen LogP contribution in [0.5, 0.6) is 0 Å². The maximum absolute atomic E-state index is 12.2. The van der Waals surface area contributed by atoms with Crippen LogP contribution in [0.2, 0.25) is 0 Å². The quantitative estimate of drug-likeness (QED) is 0.492. The van der Waals surface area contributed by atoms with Gasteiger partial charge in [-0.25, -0.2) is 9.97 Å². The lowest BCUT2D eigenvalue weighted by Crippen LogP contribution is -2.23. The molecule has 0 fully saturated rings. The second-order valence-electron chi connectivity index (χ2n) is 4.71. The Morgan fingerprint density at radius 3 is 2.91 bits per heavy atom. The minimum Gasteiger partial charge on any atom is -0.383 e. The van der Waals surface area contributed by atoms with Gasteiger partial charge in [-0.1, -0.05) is 35.2 Å². The summed E-state index contributed by atoms with van der Waals surface area (Å²) in [4.78, 5) is 34.5. The molecular formula is C14H13N5O2S2. The first-order valence-electron chi connectivity index (χ1n) is 6.71. The molecule has 7 nitrogen and oxygen atoms in total. The number of aromatic amines is 1. The molecule has 0 saturated heterocycles. The van der Waals surface area contributed by atoms with Gasteiger partial charge in [0.1, 0.15) is 5.82 Å². The number of anilines is 2. The van der Waals surface area contributed by atoms with Crippen molar-refractivity contribution in [2.24, 2.45) is 0 Å². The first kappa shape index (κ1) is 15.5. The minimum atomic E-state index is -0.466. The summed E-state index contributed by atoms with van der Waals surface area (Å²) in [5.41, 5.74) is 6.02. The van der Waals surface area contributed by atoms with Crippen molar-refractivity contribution in [2.75, 3.05) is 11.1 Å². The van der Waals surface area contributed by atoms with E-state index >= 15 is 0 Å². The van der Waals surface area contributed by atoms with E-state index in [0.29, 0.717) is 10.3 Å². The monoisotopic (exact) mass is 347 g/mol. The summed E-state index contributed by atoms with van der Waals surface area (Å²) in [5.74, 6) is -0.103. The average molecular weight is 347 g/mol. The maximum Gasteiger partial charge on any atom is 0.253 e. The molecule has 1 amide bonds. The van der Waals surface area contributed by atoms with Gasteiger partial charge in [-0.3, -0.25) is 9.59 Å². The Labute approximate surface area is 139 Å². The van der Waals surface area contributed by atoms with Crippen molar-refractivity contribution in [1.29, 1.82) is 0 Å². The number of thioether (sulfide) groups is 1. The molecule has 0 bridgehead atoms. The molecule has 0 saturated carbocycles. The van der Waals surface area contributed by atoms with E-state index in [9.17, 15) is 9.59 Å². The van der Waals surface area contributed by atoms with Gasteiger partial charge >= 0.3 is 0 Å². The lowest BCUT2D eigenvalue weighted by Gasteiger charge is -2.09. The van der Waals surface area contributed by atoms with Gasteiger partial charge in [0.2, 0.25) is 5.91 Å². The van der Waals surface area contributed by atoms with Crippen molar-refractivity contribution in [3.63, 3.8) is 0 Å². The fourth-order valence-corrected chi connectivity index (χ4v) is 3.55. The van der Waals surface area contributed by atoms with Crippen molar-refractivity contribution >= 4 is 50.2 Å². The number of fused-ring (bicyclic) bond motifs is 1. The molecule has 4 N–H and O–H groups in total. The first-order valence-corrected chi connectivity index (χ1v) is 8.41. The number of amides is 1. The molecule has 3 rings (SSSR count). The van der Waals surface area contributed by atoms with Gasteiger partial charge in [0.15, 0.2) is 10.3 Å². The number of nitrogens with zero attached hydrogens (tertiary/aromatic N) is 2. The van der Waals surface area contributed by atoms with Gasteiger partial charge < -0.3 is 16.0 Å². The Bertz CT molecular complexity index is 888. The Hall–Kier alpha value is -2.39. The smallest absolute Gasteiger partial charge is 0.253 e. The Morgan fingerprint density at radius 1 is 1.39 bits per heavy atom. The van der Waals surface area contributed by atoms with Crippen LogP contribution in [0.15, 0.2) is 40.3 Å². The van der Waals surface area contributed by atoms with Gasteiger partial charge in [0.25, 0.3) is 5.56 Å². The zero-order chi connectivity index (χ0) is 16.4. The minimum absolute atomic E-state index is 0.120. The Morgan fingerprint density at radius 2 is 2.17 bits per heavy atom. The second-order valence-corrected chi connectivity index (χ2v) is 7.07. The summed E-state index contributed by atoms with van der Waals surface area (Å²) in [5, 5.41) is 3.16. The van der Waals surface area contributed by atoms with E-state index in [1.165, 1.54) is 17.4 Å². The number of nitrogen functional groups attached to an aromatic ring is 1. The SMILES string of the molecule is C[C@@H](Sc1nc(N)cc(=O)[nH]1)C(=O)Nc1nc2ccccc2s1. The van der Waals surface area contributed by atoms with E-state index in [4.69, 9.17) is 5.73 Å². The van der Waals surface area contributed by atoms with Gasteiger partial charge in [0, 0.05) is 6.07 Å². The summed E-state index contributed by atoms with van der Waals surface area (Å²) < 4.78 is 1.00. The summed E-state index contributed by atoms with van der Waals surface area (Å²) >= 11 is 2.53. The van der Waals surface area contributed by atoms with E-state index in [2.05, 4.69) is 20.3 Å². The van der Waals surface area contributed by atoms with Crippen LogP contribution in [-0.2, 0) is 4.79 Å². The van der Waals surface area contributed by atoms with Crippen molar-refractivity contribution in [3.8, 4) is 0 Å². The van der Waals surface area contributed by atoms with Gasteiger partial charge in [0.05, 0.1) is 15.5 Å². The molecule has 0 radical (unpaired) electrons. The number of carbonyl (C=O) groups excluding carboxylic acids is 1. The number of aromatic nitrogens is 3. The third-order valence-electron chi connectivity index (χ3n) is 2.92. The number of rotatable bonds is 4. The van der Waals surface area contributed by atoms with Crippen molar-refractivity contribution in [2.45, 2.75) is 17.3 Å². The van der Waals surface area contributed by atoms with E-state index < -0.39 is 5.25 Å². The molecule has 2 aromatic heterocycles. The van der Waals surface area contributed by atoms with Crippen LogP contribution < -0.4 is 16.6 Å². The fraction of sp³-hybridized carbons (Fsp3) is 0.143. The van der Waals surface area contributed by atoms with Crippen LogP contribution in [0.25, 0.3) is 10.2 Å². The van der Waals surface area contributed by atoms with Gasteiger partial charge in [-0.05, 0) is 19.1 Å². The van der Waals surface area contributed by atoms with Crippen molar-refractivity contribution in [3.05, 3.63) is 40.7 Å². The number of nitrogens with two attached hydrogens (primary N) is 1. The third-order valence-corrected chi connectivity index (χ3v) is 4.86. The molecule has 23 heavy (non-hydrogen) atoms. The highest BCUT2D eigenvalue weighted by molar-refractivity contribution is 8.00. The predicted molar refractivity (Wildman–Crippen MR) is 92.8 cm³/mol. The number of thiazole rings is 1. The largest absolute Gasteiger partial charge is 0.383 e. The van der Waals surface area contributed by atoms with Crippen LogP contribution in [0, 0.1) is 0 Å². The number of carbonyl (C=O) groups is 1. The highest BCUT2D eigenvalue weighted by Crippen LogP contribution is 2.26. The maximum atomic E-state index is 12.2. The van der Waals surface area contributed by atoms with E-state index in [1.807, 2.05) is 24.3 Å². The molecule has 1 aromatic carbocycles. The molecule has 1 atom stereocenters. The van der Waals surface area contributed by atoms with Crippen LogP contribution in [0.1, 0.15) is 6.92 Å². The molecule has 0 aliphatic carbocycles. The zero-order valence-corrected chi connectivity index (χ0v) is 13.7. The highest BCUT2D eigenvalue weighted by Gasteiger charge is 2.17. The molecule has 0 unspecified atom stereocenters. The van der Waals surface area contributed by atoms with Crippen molar-refractivity contribution < 1.29 is 4.79 Å². The summed E-state index contributed by atoms with van der Waals surface area (Å²) in [7, 11) is 0. The van der Waals surface area contributed by atoms with Crippen LogP contribution >= 0.6 is 23.1 Å². The number of benzene rings is 1. The summed E-state index contributed by atoms with van der Waals surface area (Å²) in [6, 6.07) is 8.85. The highest BCUT2D eigenvalue weighted by atomic mass is 32.2. The van der Waals surface area contributed by atoms with E-state index in [1.54, 1.807) is 6.92 Å². The van der Waals surface area contributed by atoms with Crippen LogP contribution in [-0.4, -0.2) is 26.1 Å². The number of hydrogen-bond donors (Lipinski definition) is 3. The number of nitrogens with one attached hydrogen (secondary N) is 2. The van der Waals surface area contributed by atoms with Gasteiger partial charge in [-0.15, -0.1) is 0 Å². The lowest BCUT2D eigenvalue weighted by atomic mass is 10.3. The average Bonchev–Trinajstić information content (AvgIpc) is 2.88. The standard InChI is InChI=1S/C14H13N5O2S2/c1-7(22-14-17-10(15)6-11(20)18-14)12(21)19-13-16-8-4-2-3-5-9(8)23-13/h2-7H,1H3,(H,16,19,21)(H3,15,17,18,20)/t7-/m1/s1. The third kappa shape index (κ3) is 3.69. The van der Waals surface area contributed by atoms with E-state index in [-0.39, 0.29) is 17.3 Å². The number of H-pyrrole nitrogens is 1. The van der Waals surface area contributed by atoms with Crippen molar-refractivity contribution in [1.82, 2.24) is 15.0 Å². The molecule has 0 aliphatic rings. The number of hydrogen-bond acceptors (Lipinski definition) is 7. The Kier molecular flexibility index (Phi) is 4.30. The second kappa shape index (κ2) is 6.39. The number of para-hydroxylation sites is 1. The van der Waals surface area contributed by atoms with E-state index in [0.717, 1.165) is 22.0 Å². The fourth-order valence-electron chi connectivity index (χ4n) is 1.86. The Balaban J connectivity index is 1.70. The molecular weight excluding hydrogens is 334 g/mol. The topological polar surface area (TPSA) is 114 Å². The normalized spacial score (nSPS) is 12.2. The first-order chi connectivity index (χ1) is 11.0. The zero-order valence-electron chi connectivity index (χ0n) is 12.1. The summed E-state index contributed by atoms with van der Waals surface area (Å²) in [6.45, 7) is 1.72. The molecule has 2 heterocycles.